The van der Waals surface area contributed by atoms with Gasteiger partial charge in [0.05, 0.1) is 60.1 Å². The largest absolute Gasteiger partial charge is 0.464 e. The number of cyclic esters (lactones) is 1. The molecule has 4 aliphatic heterocycles. The fourth-order valence-corrected chi connectivity index (χ4v) is 12.9. The SMILES string of the molecule is CO[C@@H](C)c1ncc(N2CCN(C3CC3)CC2)cc1-c1c2c3cc(ccc3n1CCOC1CCOCC1)-c1csc(n1)[C@@H](OCC(F)F)[C@H](NC(=O)[C@@H]1[C@@H](C)[C@H]1c1cocn1)C(=O)N1CCC[C@H](N1)C(=O)OCC(C)(C)C2. The van der Waals surface area contributed by atoms with E-state index in [1.54, 1.807) is 7.11 Å². The first kappa shape index (κ1) is 53.6. The van der Waals surface area contributed by atoms with Crippen LogP contribution in [0.15, 0.2) is 52.9 Å². The average Bonchev–Trinajstić information content (AvgIpc) is 4.39. The molecule has 11 rings (SSSR count). The van der Waals surface area contributed by atoms with Gasteiger partial charge in [-0.25, -0.2) is 24.2 Å². The summed E-state index contributed by atoms with van der Waals surface area (Å²) in [5, 5.41) is 7.18. The van der Waals surface area contributed by atoms with Gasteiger partial charge in [-0.05, 0) is 81.5 Å². The molecule has 6 aliphatic rings. The number of hydrazine groups is 1. The first-order valence-corrected chi connectivity index (χ1v) is 28.3. The number of aromatic nitrogens is 4. The molecule has 0 spiro atoms. The maximum atomic E-state index is 14.9. The summed E-state index contributed by atoms with van der Waals surface area (Å²) in [5.41, 5.74) is 10.0. The van der Waals surface area contributed by atoms with Gasteiger partial charge in [0, 0.05) is 110 Å². The number of halogens is 2. The first-order valence-electron chi connectivity index (χ1n) is 27.4. The monoisotopic (exact) mass is 1080 g/mol. The fraction of sp³-hybridized carbons (Fsp3) is 0.607. The average molecular weight is 1080 g/mol. The molecule has 21 heteroatoms. The topological polar surface area (TPSA) is 188 Å². The molecular weight excluding hydrogens is 1010 g/mol. The van der Waals surface area contributed by atoms with Gasteiger partial charge >= 0.3 is 5.97 Å². The number of fused-ring (bicyclic) bond motifs is 6. The minimum atomic E-state index is -2.90. The molecule has 4 aromatic heterocycles. The molecule has 8 heterocycles. The quantitative estimate of drug-likeness (QED) is 0.0982. The number of ether oxygens (including phenoxy) is 5. The van der Waals surface area contributed by atoms with Crippen LogP contribution in [0.1, 0.15) is 106 Å². The molecule has 7 atom stereocenters. The number of rotatable bonds is 15. The molecule has 2 N–H and O–H groups in total. The summed E-state index contributed by atoms with van der Waals surface area (Å²) in [6.45, 7) is 13.3. The highest BCUT2D eigenvalue weighted by Gasteiger charge is 2.55. The summed E-state index contributed by atoms with van der Waals surface area (Å²) in [5.74, 6) is -2.67. The highest BCUT2D eigenvalue weighted by molar-refractivity contribution is 7.10. The van der Waals surface area contributed by atoms with Crippen LogP contribution >= 0.6 is 11.3 Å². The van der Waals surface area contributed by atoms with Crippen LogP contribution in [0.2, 0.25) is 0 Å². The number of hydrogen-bond donors (Lipinski definition) is 2. The molecule has 0 radical (unpaired) electrons. The second kappa shape index (κ2) is 22.7. The number of thiazole rings is 1. The van der Waals surface area contributed by atoms with E-state index in [0.29, 0.717) is 63.1 Å². The molecule has 5 aromatic rings. The van der Waals surface area contributed by atoms with Crippen molar-refractivity contribution < 1.29 is 51.3 Å². The first-order chi connectivity index (χ1) is 37.2. The van der Waals surface area contributed by atoms with Gasteiger partial charge in [-0.3, -0.25) is 29.3 Å². The molecule has 1 aromatic carbocycles. The normalized spacial score (nSPS) is 26.0. The van der Waals surface area contributed by atoms with Gasteiger partial charge in [0.2, 0.25) is 5.91 Å². The third kappa shape index (κ3) is 11.5. The Bertz CT molecular complexity index is 2900. The maximum absolute atomic E-state index is 14.9. The minimum Gasteiger partial charge on any atom is -0.464 e. The van der Waals surface area contributed by atoms with Crippen LogP contribution in [-0.4, -0.2) is 151 Å². The number of piperazine rings is 1. The van der Waals surface area contributed by atoms with Crippen LogP contribution in [0.5, 0.6) is 0 Å². The Balaban J connectivity index is 1.04. The Morgan fingerprint density at radius 3 is 2.57 bits per heavy atom. The lowest BCUT2D eigenvalue weighted by molar-refractivity contribution is -0.157. The number of methoxy groups -OCH3 is 1. The molecule has 6 bridgehead atoms. The van der Waals surface area contributed by atoms with E-state index >= 15 is 0 Å². The van der Waals surface area contributed by atoms with E-state index in [1.807, 2.05) is 31.5 Å². The summed E-state index contributed by atoms with van der Waals surface area (Å²) in [4.78, 5) is 63.1. The van der Waals surface area contributed by atoms with Crippen LogP contribution < -0.4 is 15.6 Å². The number of alkyl halides is 2. The van der Waals surface area contributed by atoms with Crippen molar-refractivity contribution in [2.45, 2.75) is 128 Å². The number of carbonyl (C=O) groups is 3. The van der Waals surface area contributed by atoms with Crippen molar-refractivity contribution in [3.63, 3.8) is 0 Å². The van der Waals surface area contributed by atoms with Gasteiger partial charge in [-0.1, -0.05) is 26.8 Å². The molecule has 2 saturated carbocycles. The standard InChI is InChI=1S/C56H71F2N9O9S/c1-32-46(42-27-73-31-60-42)47(32)52(68)62-49-51(75-28-45(57)58)53-61-43(29-77-53)34-8-11-44-38(23-34)40(25-56(3,4)30-76-55(70)41-7-6-14-67(63-41)54(49)69)50(66(44)19-22-74-37-12-20-72-21-13-37)39-24-36(26-59-48(39)33(2)71-5)65-17-15-64(16-18-65)35-9-10-35/h8,11,23-24,26-27,29,31-33,35,37,41,45-47,49,51,63H,6-7,9-10,12-22,25,28,30H2,1-5H3,(H,62,68)/t32-,33-,41-,46-,47+,49-,51-/m0/s1. The molecule has 414 valence electrons. The molecule has 5 fully saturated rings. The van der Waals surface area contributed by atoms with Crippen molar-refractivity contribution in [2.75, 3.05) is 77.8 Å². The van der Waals surface area contributed by atoms with E-state index in [9.17, 15) is 23.2 Å². The van der Waals surface area contributed by atoms with Crippen LogP contribution in [-0.2, 0) is 51.0 Å². The molecule has 2 aliphatic carbocycles. The number of nitrogens with zero attached hydrogens (tertiary/aromatic N) is 7. The van der Waals surface area contributed by atoms with Gasteiger partial charge in [-0.15, -0.1) is 11.3 Å². The summed E-state index contributed by atoms with van der Waals surface area (Å²) in [6, 6.07) is 6.72. The van der Waals surface area contributed by atoms with Gasteiger partial charge in [-0.2, -0.15) is 0 Å². The van der Waals surface area contributed by atoms with Crippen LogP contribution in [0.25, 0.3) is 33.4 Å². The Morgan fingerprint density at radius 2 is 1.83 bits per heavy atom. The predicted octanol–water partition coefficient (Wildman–Crippen LogP) is 7.48. The Morgan fingerprint density at radius 1 is 1.03 bits per heavy atom. The lowest BCUT2D eigenvalue weighted by Gasteiger charge is -2.37. The van der Waals surface area contributed by atoms with Gasteiger partial charge in [0.1, 0.15) is 36.1 Å². The van der Waals surface area contributed by atoms with E-state index in [2.05, 4.69) is 62.1 Å². The highest BCUT2D eigenvalue weighted by Crippen LogP contribution is 2.53. The molecule has 3 saturated heterocycles. The third-order valence-corrected chi connectivity index (χ3v) is 17.4. The molecule has 77 heavy (non-hydrogen) atoms. The van der Waals surface area contributed by atoms with E-state index in [0.717, 1.165) is 95.0 Å². The van der Waals surface area contributed by atoms with E-state index in [1.165, 1.54) is 30.5 Å². The number of carbonyl (C=O) groups excluding carboxylic acids is 3. The lowest BCUT2D eigenvalue weighted by atomic mass is 9.84. The zero-order chi connectivity index (χ0) is 53.5. The number of benzene rings is 1. The van der Waals surface area contributed by atoms with Crippen molar-refractivity contribution in [1.82, 2.24) is 40.2 Å². The number of pyridine rings is 1. The van der Waals surface area contributed by atoms with Crippen molar-refractivity contribution in [2.24, 2.45) is 17.3 Å². The number of oxazole rings is 1. The van der Waals surface area contributed by atoms with E-state index in [-0.39, 0.29) is 42.2 Å². The summed E-state index contributed by atoms with van der Waals surface area (Å²) < 4.78 is 66.7. The number of hydrogen-bond acceptors (Lipinski definition) is 16. The number of anilines is 1. The van der Waals surface area contributed by atoms with Crippen LogP contribution in [0, 0.1) is 17.3 Å². The van der Waals surface area contributed by atoms with Gasteiger partial charge < -0.3 is 42.9 Å². The van der Waals surface area contributed by atoms with Crippen molar-refractivity contribution in [3.8, 4) is 22.5 Å². The van der Waals surface area contributed by atoms with E-state index < -0.39 is 60.3 Å². The molecule has 0 unspecified atom stereocenters. The number of nitrogens with one attached hydrogen (secondary N) is 2. The molecule has 2 amide bonds. The van der Waals surface area contributed by atoms with Gasteiger partial charge in [0.25, 0.3) is 12.3 Å². The number of esters is 1. The lowest BCUT2D eigenvalue weighted by Crippen LogP contribution is -2.61. The van der Waals surface area contributed by atoms with Crippen molar-refractivity contribution >= 4 is 45.7 Å². The minimum absolute atomic E-state index is 0.0471. The van der Waals surface area contributed by atoms with Crippen LogP contribution in [0.4, 0.5) is 14.5 Å². The summed E-state index contributed by atoms with van der Waals surface area (Å²) in [7, 11) is 1.70. The highest BCUT2D eigenvalue weighted by atomic mass is 32.1. The van der Waals surface area contributed by atoms with Crippen molar-refractivity contribution in [3.05, 3.63) is 70.5 Å². The molecular formula is C56H71F2N9O9S. The summed E-state index contributed by atoms with van der Waals surface area (Å²) in [6.07, 6.45) is 5.57. The number of amides is 2. The van der Waals surface area contributed by atoms with Crippen molar-refractivity contribution in [1.29, 1.82) is 0 Å². The summed E-state index contributed by atoms with van der Waals surface area (Å²) >= 11 is 1.16. The zero-order valence-corrected chi connectivity index (χ0v) is 45.4. The Hall–Kier alpha value is -5.42. The maximum Gasteiger partial charge on any atom is 0.324 e. The smallest absolute Gasteiger partial charge is 0.324 e. The molecule has 18 nitrogen and oxygen atoms in total. The zero-order valence-electron chi connectivity index (χ0n) is 44.6. The van der Waals surface area contributed by atoms with Crippen LogP contribution in [0.3, 0.4) is 0 Å². The Kier molecular flexibility index (Phi) is 15.8. The third-order valence-electron chi connectivity index (χ3n) is 16.4. The second-order valence-electron chi connectivity index (χ2n) is 22.4. The van der Waals surface area contributed by atoms with Gasteiger partial charge in [0.15, 0.2) is 6.39 Å². The fourth-order valence-electron chi connectivity index (χ4n) is 11.9. The predicted molar refractivity (Wildman–Crippen MR) is 283 cm³/mol. The van der Waals surface area contributed by atoms with E-state index in [4.69, 9.17) is 38.1 Å². The Labute approximate surface area is 451 Å². The second-order valence-corrected chi connectivity index (χ2v) is 23.3.